The molecule has 3 rings (SSSR count). The second kappa shape index (κ2) is 10.4. The Morgan fingerprint density at radius 1 is 1.00 bits per heavy atom. The maximum Gasteiger partial charge on any atom is 0.132 e. The van der Waals surface area contributed by atoms with Crippen LogP contribution in [-0.2, 0) is 19.4 Å². The Hall–Kier alpha value is -1.94. The molecule has 0 bridgehead atoms. The third-order valence-corrected chi connectivity index (χ3v) is 5.51. The maximum absolute atomic E-state index is 4.65. The van der Waals surface area contributed by atoms with Crippen molar-refractivity contribution in [2.45, 2.75) is 65.3 Å². The van der Waals surface area contributed by atoms with Crippen molar-refractivity contribution in [2.24, 2.45) is 5.92 Å². The van der Waals surface area contributed by atoms with Gasteiger partial charge >= 0.3 is 0 Å². The molecule has 1 aliphatic rings. The Labute approximate surface area is 164 Å². The summed E-state index contributed by atoms with van der Waals surface area (Å²) in [6, 6.07) is 9.00. The van der Waals surface area contributed by atoms with Crippen LogP contribution in [0.2, 0.25) is 0 Å². The molecule has 146 valence electrons. The van der Waals surface area contributed by atoms with E-state index in [0.29, 0.717) is 0 Å². The van der Waals surface area contributed by atoms with Crippen molar-refractivity contribution in [1.29, 1.82) is 0 Å². The Morgan fingerprint density at radius 3 is 2.48 bits per heavy atom. The second-order valence-corrected chi connectivity index (χ2v) is 7.80. The minimum Gasteiger partial charge on any atom is -0.370 e. The standard InChI is InChI=1S/C23H34N4/c1-3-25-23-18(2)15-26-22(27-23)14-13-19-9-11-21(12-10-19)17-24-16-20-7-5-4-6-8-20/h9-12,15,20,24H,3-8,13-14,16-17H2,1-2H3,(H,25,26,27). The largest absolute Gasteiger partial charge is 0.370 e. The molecule has 1 aliphatic carbocycles. The van der Waals surface area contributed by atoms with Crippen molar-refractivity contribution in [3.8, 4) is 0 Å². The van der Waals surface area contributed by atoms with E-state index in [1.165, 1.54) is 49.8 Å². The molecule has 1 aromatic heterocycles. The Bertz CT molecular complexity index is 690. The van der Waals surface area contributed by atoms with Crippen molar-refractivity contribution in [1.82, 2.24) is 15.3 Å². The highest BCUT2D eigenvalue weighted by Gasteiger charge is 2.12. The van der Waals surface area contributed by atoms with Gasteiger partial charge in [-0.15, -0.1) is 0 Å². The van der Waals surface area contributed by atoms with Crippen molar-refractivity contribution < 1.29 is 0 Å². The second-order valence-electron chi connectivity index (χ2n) is 7.80. The average Bonchev–Trinajstić information content (AvgIpc) is 2.70. The molecule has 1 heterocycles. The fourth-order valence-corrected chi connectivity index (χ4v) is 3.84. The lowest BCUT2D eigenvalue weighted by atomic mass is 9.89. The molecule has 0 spiro atoms. The smallest absolute Gasteiger partial charge is 0.132 e. The fourth-order valence-electron chi connectivity index (χ4n) is 3.84. The minimum atomic E-state index is 0.873. The molecule has 4 heteroatoms. The predicted molar refractivity (Wildman–Crippen MR) is 113 cm³/mol. The molecule has 27 heavy (non-hydrogen) atoms. The molecular weight excluding hydrogens is 332 g/mol. The van der Waals surface area contributed by atoms with E-state index in [4.69, 9.17) is 0 Å². The summed E-state index contributed by atoms with van der Waals surface area (Å²) in [4.78, 5) is 9.12. The van der Waals surface area contributed by atoms with Gasteiger partial charge in [-0.1, -0.05) is 43.5 Å². The quantitative estimate of drug-likeness (QED) is 0.677. The van der Waals surface area contributed by atoms with Gasteiger partial charge in [0.15, 0.2) is 0 Å². The highest BCUT2D eigenvalue weighted by Crippen LogP contribution is 2.22. The van der Waals surface area contributed by atoms with Crippen LogP contribution in [0.4, 0.5) is 5.82 Å². The summed E-state index contributed by atoms with van der Waals surface area (Å²) in [5.41, 5.74) is 3.82. The number of hydrogen-bond donors (Lipinski definition) is 2. The Kier molecular flexibility index (Phi) is 7.64. The van der Waals surface area contributed by atoms with Crippen molar-refractivity contribution in [2.75, 3.05) is 18.4 Å². The van der Waals surface area contributed by atoms with Crippen LogP contribution in [0.5, 0.6) is 0 Å². The predicted octanol–water partition coefficient (Wildman–Crippen LogP) is 4.67. The number of aryl methyl sites for hydroxylation is 3. The van der Waals surface area contributed by atoms with E-state index in [9.17, 15) is 0 Å². The van der Waals surface area contributed by atoms with Gasteiger partial charge in [-0.3, -0.25) is 0 Å². The Morgan fingerprint density at radius 2 is 1.74 bits per heavy atom. The Balaban J connectivity index is 1.44. The van der Waals surface area contributed by atoms with Crippen LogP contribution in [-0.4, -0.2) is 23.1 Å². The molecular formula is C23H34N4. The number of hydrogen-bond acceptors (Lipinski definition) is 4. The molecule has 1 fully saturated rings. The molecule has 1 saturated carbocycles. The van der Waals surface area contributed by atoms with Crippen molar-refractivity contribution in [3.05, 3.63) is 53.0 Å². The van der Waals surface area contributed by atoms with Crippen LogP contribution in [0, 0.1) is 12.8 Å². The van der Waals surface area contributed by atoms with Gasteiger partial charge in [0.25, 0.3) is 0 Å². The molecule has 2 aromatic rings. The van der Waals surface area contributed by atoms with E-state index in [1.807, 2.05) is 13.1 Å². The summed E-state index contributed by atoms with van der Waals surface area (Å²) in [6.07, 6.45) is 10.8. The molecule has 0 unspecified atom stereocenters. The van der Waals surface area contributed by atoms with Gasteiger partial charge < -0.3 is 10.6 Å². The first-order valence-electron chi connectivity index (χ1n) is 10.6. The normalized spacial score (nSPS) is 15.0. The fraction of sp³-hybridized carbons (Fsp3) is 0.565. The molecule has 0 saturated heterocycles. The summed E-state index contributed by atoms with van der Waals surface area (Å²) in [5, 5.41) is 6.95. The number of benzene rings is 1. The number of rotatable bonds is 9. The topological polar surface area (TPSA) is 49.8 Å². The monoisotopic (exact) mass is 366 g/mol. The number of nitrogens with one attached hydrogen (secondary N) is 2. The first-order valence-corrected chi connectivity index (χ1v) is 10.6. The summed E-state index contributed by atoms with van der Waals surface area (Å²) >= 11 is 0. The SMILES string of the molecule is CCNc1nc(CCc2ccc(CNCC3CCCCC3)cc2)ncc1C. The van der Waals surface area contributed by atoms with Crippen molar-refractivity contribution in [3.63, 3.8) is 0 Å². The van der Waals surface area contributed by atoms with Gasteiger partial charge in [0, 0.05) is 31.3 Å². The van der Waals surface area contributed by atoms with Gasteiger partial charge in [0.1, 0.15) is 11.6 Å². The first-order chi connectivity index (χ1) is 13.2. The zero-order valence-corrected chi connectivity index (χ0v) is 16.9. The molecule has 2 N–H and O–H groups in total. The van der Waals surface area contributed by atoms with Gasteiger partial charge in [0.05, 0.1) is 0 Å². The van der Waals surface area contributed by atoms with Gasteiger partial charge in [-0.25, -0.2) is 9.97 Å². The van der Waals surface area contributed by atoms with E-state index in [0.717, 1.165) is 49.1 Å². The zero-order chi connectivity index (χ0) is 18.9. The number of aromatic nitrogens is 2. The van der Waals surface area contributed by atoms with E-state index in [2.05, 4.69) is 51.8 Å². The number of anilines is 1. The van der Waals surface area contributed by atoms with Crippen LogP contribution < -0.4 is 10.6 Å². The number of nitrogens with zero attached hydrogens (tertiary/aromatic N) is 2. The molecule has 4 nitrogen and oxygen atoms in total. The first kappa shape index (κ1) is 19.8. The van der Waals surface area contributed by atoms with Crippen LogP contribution in [0.1, 0.15) is 61.5 Å². The molecule has 0 atom stereocenters. The third kappa shape index (κ3) is 6.31. The highest BCUT2D eigenvalue weighted by molar-refractivity contribution is 5.41. The van der Waals surface area contributed by atoms with Crippen LogP contribution >= 0.6 is 0 Å². The van der Waals surface area contributed by atoms with E-state index in [-0.39, 0.29) is 0 Å². The summed E-state index contributed by atoms with van der Waals surface area (Å²) in [6.45, 7) is 7.16. The summed E-state index contributed by atoms with van der Waals surface area (Å²) < 4.78 is 0. The van der Waals surface area contributed by atoms with Gasteiger partial charge in [-0.05, 0) is 56.7 Å². The third-order valence-electron chi connectivity index (χ3n) is 5.51. The lowest BCUT2D eigenvalue weighted by Crippen LogP contribution is -2.24. The molecule has 0 aliphatic heterocycles. The van der Waals surface area contributed by atoms with E-state index < -0.39 is 0 Å². The van der Waals surface area contributed by atoms with Crippen LogP contribution in [0.15, 0.2) is 30.5 Å². The summed E-state index contributed by atoms with van der Waals surface area (Å²) in [7, 11) is 0. The lowest BCUT2D eigenvalue weighted by Gasteiger charge is -2.21. The summed E-state index contributed by atoms with van der Waals surface area (Å²) in [5.74, 6) is 2.76. The zero-order valence-electron chi connectivity index (χ0n) is 16.9. The van der Waals surface area contributed by atoms with E-state index >= 15 is 0 Å². The minimum absolute atomic E-state index is 0.873. The molecule has 0 amide bonds. The average molecular weight is 367 g/mol. The maximum atomic E-state index is 4.65. The van der Waals surface area contributed by atoms with Gasteiger partial charge in [0.2, 0.25) is 0 Å². The highest BCUT2D eigenvalue weighted by atomic mass is 15.0. The van der Waals surface area contributed by atoms with Crippen LogP contribution in [0.3, 0.4) is 0 Å². The van der Waals surface area contributed by atoms with E-state index in [1.54, 1.807) is 0 Å². The van der Waals surface area contributed by atoms with Crippen molar-refractivity contribution >= 4 is 5.82 Å². The molecule has 1 aromatic carbocycles. The van der Waals surface area contributed by atoms with Crippen LogP contribution in [0.25, 0.3) is 0 Å². The van der Waals surface area contributed by atoms with Gasteiger partial charge in [-0.2, -0.15) is 0 Å². The lowest BCUT2D eigenvalue weighted by molar-refractivity contribution is 0.342. The molecule has 0 radical (unpaired) electrons.